The molecule has 0 bridgehead atoms. The Labute approximate surface area is 155 Å². The Balaban J connectivity index is 1.93. The Bertz CT molecular complexity index is 979. The fourth-order valence-electron chi connectivity index (χ4n) is 2.95. The maximum Gasteiger partial charge on any atom is 0.0595 e. The first-order valence-corrected chi connectivity index (χ1v) is 8.99. The Morgan fingerprint density at radius 2 is 1.21 bits per heavy atom. The van der Waals surface area contributed by atoms with Gasteiger partial charge in [0.1, 0.15) is 0 Å². The summed E-state index contributed by atoms with van der Waals surface area (Å²) in [6.07, 6.45) is 0. The van der Waals surface area contributed by atoms with E-state index in [4.69, 9.17) is 0 Å². The summed E-state index contributed by atoms with van der Waals surface area (Å²) in [6.45, 7) is 0. The largest absolute Gasteiger partial charge is 0.309 e. The van der Waals surface area contributed by atoms with Crippen LogP contribution >= 0.6 is 22.6 Å². The summed E-state index contributed by atoms with van der Waals surface area (Å²) in [6, 6.07) is 34.1. The van der Waals surface area contributed by atoms with Crippen molar-refractivity contribution in [2.75, 3.05) is 4.90 Å². The fraction of sp³-hybridized carbons (Fsp3) is 0. The molecule has 4 rings (SSSR count). The highest BCUT2D eigenvalue weighted by molar-refractivity contribution is 14.1. The zero-order chi connectivity index (χ0) is 16.4. The third-order valence-corrected chi connectivity index (χ3v) is 5.01. The highest BCUT2D eigenvalue weighted by atomic mass is 127. The van der Waals surface area contributed by atoms with Crippen molar-refractivity contribution in [3.8, 4) is 0 Å². The molecule has 0 radical (unpaired) electrons. The first-order chi connectivity index (χ1) is 11.8. The minimum Gasteiger partial charge on any atom is -0.309 e. The van der Waals surface area contributed by atoms with E-state index in [2.05, 4.69) is 125 Å². The molecule has 0 heterocycles. The number of para-hydroxylation sites is 2. The molecule has 0 aliphatic carbocycles. The average molecular weight is 421 g/mol. The lowest BCUT2D eigenvalue weighted by molar-refractivity contribution is 1.28. The number of anilines is 3. The summed E-state index contributed by atoms with van der Waals surface area (Å²) in [5, 5.41) is 2.51. The first kappa shape index (κ1) is 15.2. The summed E-state index contributed by atoms with van der Waals surface area (Å²) in [5.74, 6) is 0. The van der Waals surface area contributed by atoms with Gasteiger partial charge >= 0.3 is 0 Å². The van der Waals surface area contributed by atoms with Crippen LogP contribution in [-0.4, -0.2) is 0 Å². The number of nitrogens with zero attached hydrogens (tertiary/aromatic N) is 1. The summed E-state index contributed by atoms with van der Waals surface area (Å²) >= 11 is 2.41. The van der Waals surface area contributed by atoms with Gasteiger partial charge in [-0.05, 0) is 69.8 Å². The zero-order valence-electron chi connectivity index (χ0n) is 13.1. The molecule has 0 N–H and O–H groups in total. The molecule has 0 aromatic heterocycles. The Morgan fingerprint density at radius 1 is 0.542 bits per heavy atom. The van der Waals surface area contributed by atoms with E-state index in [-0.39, 0.29) is 0 Å². The summed E-state index contributed by atoms with van der Waals surface area (Å²) in [5.41, 5.74) is 3.53. The molecule has 4 aromatic rings. The van der Waals surface area contributed by atoms with Crippen LogP contribution in [0.3, 0.4) is 0 Å². The summed E-state index contributed by atoms with van der Waals surface area (Å²) in [4.78, 5) is 2.31. The van der Waals surface area contributed by atoms with Crippen molar-refractivity contribution in [1.29, 1.82) is 0 Å². The first-order valence-electron chi connectivity index (χ1n) is 7.91. The molecule has 0 atom stereocenters. The van der Waals surface area contributed by atoms with Gasteiger partial charge in [-0.3, -0.25) is 0 Å². The number of fused-ring (bicyclic) bond motifs is 1. The predicted molar refractivity (Wildman–Crippen MR) is 111 cm³/mol. The Hall–Kier alpha value is -2.33. The van der Waals surface area contributed by atoms with Crippen molar-refractivity contribution >= 4 is 50.4 Å². The molecular formula is C22H16IN. The molecule has 0 saturated carbocycles. The molecule has 0 saturated heterocycles. The van der Waals surface area contributed by atoms with Crippen molar-refractivity contribution in [3.05, 3.63) is 101 Å². The van der Waals surface area contributed by atoms with E-state index in [0.717, 1.165) is 5.69 Å². The molecule has 4 aromatic carbocycles. The van der Waals surface area contributed by atoms with Crippen LogP contribution in [0.1, 0.15) is 0 Å². The minimum absolute atomic E-state index is 1.16. The van der Waals surface area contributed by atoms with E-state index >= 15 is 0 Å². The monoisotopic (exact) mass is 421 g/mol. The second-order valence-electron chi connectivity index (χ2n) is 5.65. The maximum absolute atomic E-state index is 2.41. The molecule has 116 valence electrons. The van der Waals surface area contributed by atoms with E-state index in [1.54, 1.807) is 0 Å². The van der Waals surface area contributed by atoms with Gasteiger partial charge in [-0.1, -0.05) is 60.7 Å². The van der Waals surface area contributed by atoms with Crippen LogP contribution in [0.4, 0.5) is 17.1 Å². The standard InChI is InChI=1S/C22H16IN/c23-21-12-6-7-13-22(21)24(19-10-2-1-3-11-19)20-15-14-17-8-4-5-9-18(17)16-20/h1-16H. The number of benzene rings is 4. The van der Waals surface area contributed by atoms with E-state index in [9.17, 15) is 0 Å². The molecule has 0 spiro atoms. The summed E-state index contributed by atoms with van der Waals surface area (Å²) < 4.78 is 1.23. The number of hydrogen-bond acceptors (Lipinski definition) is 1. The number of hydrogen-bond donors (Lipinski definition) is 0. The lowest BCUT2D eigenvalue weighted by Gasteiger charge is -2.26. The van der Waals surface area contributed by atoms with Crippen molar-refractivity contribution in [1.82, 2.24) is 0 Å². The maximum atomic E-state index is 2.41. The van der Waals surface area contributed by atoms with Gasteiger partial charge < -0.3 is 4.90 Å². The third-order valence-electron chi connectivity index (χ3n) is 4.10. The zero-order valence-corrected chi connectivity index (χ0v) is 15.2. The summed E-state index contributed by atoms with van der Waals surface area (Å²) in [7, 11) is 0. The van der Waals surface area contributed by atoms with Gasteiger partial charge in [0.05, 0.1) is 5.69 Å². The van der Waals surface area contributed by atoms with E-state index in [0.29, 0.717) is 0 Å². The topological polar surface area (TPSA) is 3.24 Å². The molecule has 2 heteroatoms. The number of halogens is 1. The quantitative estimate of drug-likeness (QED) is 0.325. The lowest BCUT2D eigenvalue weighted by atomic mass is 10.1. The van der Waals surface area contributed by atoms with Gasteiger partial charge in [0.15, 0.2) is 0 Å². The second-order valence-corrected chi connectivity index (χ2v) is 6.82. The van der Waals surface area contributed by atoms with Crippen LogP contribution in [-0.2, 0) is 0 Å². The van der Waals surface area contributed by atoms with Gasteiger partial charge in [0, 0.05) is 14.9 Å². The van der Waals surface area contributed by atoms with Crippen LogP contribution in [0.25, 0.3) is 10.8 Å². The fourth-order valence-corrected chi connectivity index (χ4v) is 3.58. The van der Waals surface area contributed by atoms with Crippen LogP contribution in [0.15, 0.2) is 97.1 Å². The Kier molecular flexibility index (Phi) is 4.22. The van der Waals surface area contributed by atoms with Gasteiger partial charge in [0.25, 0.3) is 0 Å². The predicted octanol–water partition coefficient (Wildman–Crippen LogP) is 6.91. The molecule has 0 fully saturated rings. The van der Waals surface area contributed by atoms with E-state index in [1.165, 1.54) is 25.7 Å². The van der Waals surface area contributed by atoms with Gasteiger partial charge in [-0.15, -0.1) is 0 Å². The smallest absolute Gasteiger partial charge is 0.0595 e. The van der Waals surface area contributed by atoms with Gasteiger partial charge in [-0.25, -0.2) is 0 Å². The lowest BCUT2D eigenvalue weighted by Crippen LogP contribution is -2.11. The third kappa shape index (κ3) is 2.89. The van der Waals surface area contributed by atoms with Crippen molar-refractivity contribution in [3.63, 3.8) is 0 Å². The average Bonchev–Trinajstić information content (AvgIpc) is 2.64. The molecule has 24 heavy (non-hydrogen) atoms. The molecule has 0 unspecified atom stereocenters. The van der Waals surface area contributed by atoms with Crippen LogP contribution in [0.5, 0.6) is 0 Å². The van der Waals surface area contributed by atoms with Crippen LogP contribution < -0.4 is 4.90 Å². The molecule has 0 aliphatic heterocycles. The minimum atomic E-state index is 1.16. The van der Waals surface area contributed by atoms with E-state index < -0.39 is 0 Å². The second kappa shape index (κ2) is 6.65. The van der Waals surface area contributed by atoms with Gasteiger partial charge in [-0.2, -0.15) is 0 Å². The molecule has 1 nitrogen and oxygen atoms in total. The normalized spacial score (nSPS) is 10.7. The van der Waals surface area contributed by atoms with Crippen LogP contribution in [0, 0.1) is 3.57 Å². The van der Waals surface area contributed by atoms with Crippen molar-refractivity contribution in [2.24, 2.45) is 0 Å². The van der Waals surface area contributed by atoms with Crippen LogP contribution in [0.2, 0.25) is 0 Å². The molecular weight excluding hydrogens is 405 g/mol. The molecule has 0 amide bonds. The number of rotatable bonds is 3. The highest BCUT2D eigenvalue weighted by Crippen LogP contribution is 2.37. The van der Waals surface area contributed by atoms with Gasteiger partial charge in [0.2, 0.25) is 0 Å². The van der Waals surface area contributed by atoms with Crippen molar-refractivity contribution < 1.29 is 0 Å². The van der Waals surface area contributed by atoms with E-state index in [1.807, 2.05) is 0 Å². The van der Waals surface area contributed by atoms with Crippen molar-refractivity contribution in [2.45, 2.75) is 0 Å². The molecule has 0 aliphatic rings. The Morgan fingerprint density at radius 3 is 2.00 bits per heavy atom. The SMILES string of the molecule is Ic1ccccc1N(c1ccccc1)c1ccc2ccccc2c1. The highest BCUT2D eigenvalue weighted by Gasteiger charge is 2.14.